The van der Waals surface area contributed by atoms with Crippen LogP contribution in [-0.2, 0) is 34.3 Å². The van der Waals surface area contributed by atoms with Gasteiger partial charge in [-0.1, -0.05) is 98.6 Å². The van der Waals surface area contributed by atoms with E-state index in [4.69, 9.17) is 9.84 Å². The molecule has 0 aliphatic rings. The van der Waals surface area contributed by atoms with Gasteiger partial charge in [0.05, 0.1) is 18.6 Å². The third-order valence-corrected chi connectivity index (χ3v) is 5.72. The summed E-state index contributed by atoms with van der Waals surface area (Å²) in [5, 5.41) is 9.33. The predicted octanol–water partition coefficient (Wildman–Crippen LogP) is 7.20. The molecule has 3 aromatic rings. The Morgan fingerprint density at radius 2 is 1.39 bits per heavy atom. The van der Waals surface area contributed by atoms with Crippen molar-refractivity contribution in [3.05, 3.63) is 106 Å². The van der Waals surface area contributed by atoms with Gasteiger partial charge in [-0.3, -0.25) is 4.79 Å². The number of carboxylic acid groups (broad SMARTS) is 1. The van der Waals surface area contributed by atoms with Crippen LogP contribution >= 0.6 is 31.9 Å². The van der Waals surface area contributed by atoms with E-state index in [2.05, 4.69) is 82.1 Å². The molecule has 3 aromatic carbocycles. The molecule has 0 saturated carbocycles. The Kier molecular flexibility index (Phi) is 10.4. The molecule has 0 aliphatic heterocycles. The third-order valence-electron chi connectivity index (χ3n) is 4.55. The Bertz CT molecular complexity index is 921. The molecule has 0 unspecified atom stereocenters. The molecule has 0 heterocycles. The highest BCUT2D eigenvalue weighted by atomic mass is 79.9. The summed E-state index contributed by atoms with van der Waals surface area (Å²) in [6.45, 7) is 4.95. The Morgan fingerprint density at radius 3 is 1.94 bits per heavy atom. The highest BCUT2D eigenvalue weighted by Gasteiger charge is 2.19. The monoisotopic (exact) mass is 546 g/mol. The molecule has 164 valence electrons. The van der Waals surface area contributed by atoms with E-state index in [0.717, 1.165) is 21.8 Å². The van der Waals surface area contributed by atoms with Gasteiger partial charge in [0.1, 0.15) is 0 Å². The van der Waals surface area contributed by atoms with Gasteiger partial charge in [-0.05, 0) is 48.2 Å². The van der Waals surface area contributed by atoms with Crippen LogP contribution in [0.4, 0.5) is 0 Å². The Labute approximate surface area is 201 Å². The van der Waals surface area contributed by atoms with Crippen LogP contribution in [0.2, 0.25) is 0 Å². The summed E-state index contributed by atoms with van der Waals surface area (Å²) in [6.07, 6.45) is 1.01. The topological polar surface area (TPSA) is 46.5 Å². The molecule has 0 radical (unpaired) electrons. The van der Waals surface area contributed by atoms with Crippen LogP contribution in [0.25, 0.3) is 0 Å². The second kappa shape index (κ2) is 12.8. The van der Waals surface area contributed by atoms with Crippen molar-refractivity contribution in [1.82, 2.24) is 0 Å². The van der Waals surface area contributed by atoms with E-state index in [1.807, 2.05) is 30.3 Å². The number of aliphatic carboxylic acids is 1. The molecule has 3 rings (SSSR count). The minimum absolute atomic E-state index is 0.0906. The van der Waals surface area contributed by atoms with E-state index in [1.165, 1.54) is 16.7 Å². The number of halogens is 2. The van der Waals surface area contributed by atoms with Crippen molar-refractivity contribution in [2.75, 3.05) is 0 Å². The van der Waals surface area contributed by atoms with Crippen molar-refractivity contribution in [2.45, 2.75) is 44.2 Å². The summed E-state index contributed by atoms with van der Waals surface area (Å²) < 4.78 is 7.03. The van der Waals surface area contributed by atoms with E-state index in [1.54, 1.807) is 12.1 Å². The van der Waals surface area contributed by atoms with Crippen LogP contribution in [0.1, 0.15) is 36.1 Å². The fourth-order valence-corrected chi connectivity index (χ4v) is 3.56. The molecule has 0 fully saturated rings. The van der Waals surface area contributed by atoms with Crippen LogP contribution in [0.15, 0.2) is 83.3 Å². The zero-order valence-corrected chi connectivity index (χ0v) is 21.0. The van der Waals surface area contributed by atoms with Gasteiger partial charge in [-0.15, -0.1) is 0 Å². The van der Waals surface area contributed by atoms with Gasteiger partial charge in [0, 0.05) is 16.2 Å². The molecule has 0 aliphatic carbocycles. The smallest absolute Gasteiger partial charge is 0.307 e. The first-order chi connectivity index (χ1) is 14.8. The maximum Gasteiger partial charge on any atom is 0.307 e. The summed E-state index contributed by atoms with van der Waals surface area (Å²) >= 11 is 6.73. The van der Waals surface area contributed by atoms with Crippen molar-refractivity contribution >= 4 is 37.8 Å². The Balaban J connectivity index is 0.000000262. The van der Waals surface area contributed by atoms with Gasteiger partial charge in [0.15, 0.2) is 0 Å². The number of hydrogen-bond donors (Lipinski definition) is 1. The Hall–Kier alpha value is -1.95. The SMILES string of the molecule is CC(C)(Cc1ccc(CBr)cc1)OCc1ccccc1.O=C(O)Cc1ccc(Br)cc1. The van der Waals surface area contributed by atoms with Gasteiger partial charge in [0.25, 0.3) is 0 Å². The van der Waals surface area contributed by atoms with Gasteiger partial charge in [-0.25, -0.2) is 0 Å². The van der Waals surface area contributed by atoms with Gasteiger partial charge in [0.2, 0.25) is 0 Å². The first-order valence-electron chi connectivity index (χ1n) is 10.1. The largest absolute Gasteiger partial charge is 0.481 e. The highest BCUT2D eigenvalue weighted by molar-refractivity contribution is 9.10. The van der Waals surface area contributed by atoms with E-state index >= 15 is 0 Å². The van der Waals surface area contributed by atoms with Crippen LogP contribution in [0.5, 0.6) is 0 Å². The molecular formula is C26H28Br2O3. The summed E-state index contributed by atoms with van der Waals surface area (Å²) in [5.41, 5.74) is 4.49. The number of alkyl halides is 1. The average molecular weight is 548 g/mol. The van der Waals surface area contributed by atoms with Crippen LogP contribution in [0.3, 0.4) is 0 Å². The molecule has 31 heavy (non-hydrogen) atoms. The van der Waals surface area contributed by atoms with E-state index in [9.17, 15) is 4.79 Å². The minimum atomic E-state index is -0.799. The molecule has 0 spiro atoms. The fraction of sp³-hybridized carbons (Fsp3) is 0.269. The molecule has 5 heteroatoms. The standard InChI is InChI=1S/C18H21BrO.C8H7BrO2/c1-18(2,20-14-17-6-4-3-5-7-17)12-15-8-10-16(13-19)11-9-15;9-7-3-1-6(2-4-7)5-8(10)11/h3-11H,12-14H2,1-2H3;1-4H,5H2,(H,10,11). The van der Waals surface area contributed by atoms with Gasteiger partial charge in [-0.2, -0.15) is 0 Å². The lowest BCUT2D eigenvalue weighted by Gasteiger charge is -2.25. The molecular weight excluding hydrogens is 520 g/mol. The molecule has 0 bridgehead atoms. The van der Waals surface area contributed by atoms with Crippen molar-refractivity contribution < 1.29 is 14.6 Å². The normalized spacial score (nSPS) is 10.8. The van der Waals surface area contributed by atoms with Crippen molar-refractivity contribution in [1.29, 1.82) is 0 Å². The summed E-state index contributed by atoms with van der Waals surface area (Å²) in [4.78, 5) is 10.2. The van der Waals surface area contributed by atoms with E-state index in [-0.39, 0.29) is 12.0 Å². The maximum absolute atomic E-state index is 10.2. The summed E-state index contributed by atoms with van der Waals surface area (Å²) in [7, 11) is 0. The molecule has 0 aromatic heterocycles. The zero-order valence-electron chi connectivity index (χ0n) is 17.9. The van der Waals surface area contributed by atoms with Crippen LogP contribution < -0.4 is 0 Å². The lowest BCUT2D eigenvalue weighted by atomic mass is 9.97. The number of ether oxygens (including phenoxy) is 1. The molecule has 0 atom stereocenters. The first-order valence-corrected chi connectivity index (χ1v) is 12.0. The minimum Gasteiger partial charge on any atom is -0.481 e. The first kappa shape index (κ1) is 25.3. The lowest BCUT2D eigenvalue weighted by Crippen LogP contribution is -2.27. The number of carbonyl (C=O) groups is 1. The second-order valence-corrected chi connectivity index (χ2v) is 9.33. The quantitative estimate of drug-likeness (QED) is 0.303. The third kappa shape index (κ3) is 10.3. The number of hydrogen-bond acceptors (Lipinski definition) is 2. The zero-order chi connectivity index (χ0) is 22.7. The van der Waals surface area contributed by atoms with Crippen molar-refractivity contribution in [3.8, 4) is 0 Å². The van der Waals surface area contributed by atoms with Gasteiger partial charge < -0.3 is 9.84 Å². The molecule has 3 nitrogen and oxygen atoms in total. The van der Waals surface area contributed by atoms with Gasteiger partial charge >= 0.3 is 5.97 Å². The molecule has 1 N–H and O–H groups in total. The predicted molar refractivity (Wildman–Crippen MR) is 134 cm³/mol. The maximum atomic E-state index is 10.2. The van der Waals surface area contributed by atoms with E-state index < -0.39 is 5.97 Å². The van der Waals surface area contributed by atoms with Crippen LogP contribution in [-0.4, -0.2) is 16.7 Å². The number of rotatable bonds is 8. The number of carboxylic acids is 1. The highest BCUT2D eigenvalue weighted by Crippen LogP contribution is 2.20. The average Bonchev–Trinajstić information content (AvgIpc) is 2.75. The fourth-order valence-electron chi connectivity index (χ4n) is 2.92. The molecule has 0 amide bonds. The van der Waals surface area contributed by atoms with Crippen molar-refractivity contribution in [2.24, 2.45) is 0 Å². The lowest BCUT2D eigenvalue weighted by molar-refractivity contribution is -0.136. The summed E-state index contributed by atoms with van der Waals surface area (Å²) in [5.74, 6) is -0.799. The molecule has 0 saturated heterocycles. The van der Waals surface area contributed by atoms with Crippen LogP contribution in [0, 0.1) is 0 Å². The van der Waals surface area contributed by atoms with Crippen molar-refractivity contribution in [3.63, 3.8) is 0 Å². The van der Waals surface area contributed by atoms with E-state index in [0.29, 0.717) is 6.61 Å². The second-order valence-electron chi connectivity index (χ2n) is 7.86. The Morgan fingerprint density at radius 1 is 0.839 bits per heavy atom. The number of benzene rings is 3. The summed E-state index contributed by atoms with van der Waals surface area (Å²) in [6, 6.07) is 26.3.